The second kappa shape index (κ2) is 6.66. The molecule has 2 atom stereocenters. The largest absolute Gasteiger partial charge is 0.379 e. The molecule has 3 nitrogen and oxygen atoms in total. The van der Waals surface area contributed by atoms with Gasteiger partial charge in [-0.15, -0.1) is 0 Å². The molecule has 1 saturated heterocycles. The van der Waals surface area contributed by atoms with Crippen LogP contribution in [0.1, 0.15) is 5.56 Å². The van der Waals surface area contributed by atoms with Crippen molar-refractivity contribution >= 4 is 15.9 Å². The van der Waals surface area contributed by atoms with Gasteiger partial charge in [0.2, 0.25) is 0 Å². The molecule has 0 bridgehead atoms. The van der Waals surface area contributed by atoms with E-state index < -0.39 is 0 Å². The van der Waals surface area contributed by atoms with Gasteiger partial charge in [0.05, 0.1) is 13.2 Å². The summed E-state index contributed by atoms with van der Waals surface area (Å²) in [4.78, 5) is 2.36. The summed E-state index contributed by atoms with van der Waals surface area (Å²) in [5, 5.41) is 3.33. The van der Waals surface area contributed by atoms with Gasteiger partial charge in [-0.1, -0.05) is 34.1 Å². The van der Waals surface area contributed by atoms with E-state index in [1.165, 1.54) is 10.0 Å². The zero-order chi connectivity index (χ0) is 13.0. The van der Waals surface area contributed by atoms with Crippen LogP contribution in [0.25, 0.3) is 0 Å². The van der Waals surface area contributed by atoms with Crippen LogP contribution < -0.4 is 5.32 Å². The normalized spacial score (nSPS) is 23.8. The Bertz CT molecular complexity index is 386. The van der Waals surface area contributed by atoms with E-state index in [2.05, 4.69) is 57.5 Å². The first-order valence-electron chi connectivity index (χ1n) is 6.37. The summed E-state index contributed by atoms with van der Waals surface area (Å²) < 4.78 is 6.72. The summed E-state index contributed by atoms with van der Waals surface area (Å²) in [6.45, 7) is 3.73. The van der Waals surface area contributed by atoms with Crippen molar-refractivity contribution < 1.29 is 4.74 Å². The van der Waals surface area contributed by atoms with E-state index in [-0.39, 0.29) is 0 Å². The van der Waals surface area contributed by atoms with E-state index in [0.29, 0.717) is 12.0 Å². The Balaban J connectivity index is 1.89. The summed E-state index contributed by atoms with van der Waals surface area (Å²) in [6, 6.07) is 8.89. The summed E-state index contributed by atoms with van der Waals surface area (Å²) in [5.41, 5.74) is 1.33. The van der Waals surface area contributed by atoms with Crippen LogP contribution in [0.5, 0.6) is 0 Å². The molecule has 0 radical (unpaired) electrons. The number of ether oxygens (including phenoxy) is 1. The molecule has 2 unspecified atom stereocenters. The highest BCUT2D eigenvalue weighted by molar-refractivity contribution is 9.10. The number of nitrogens with zero attached hydrogens (tertiary/aromatic N) is 1. The predicted octanol–water partition coefficient (Wildman–Crippen LogP) is 2.12. The summed E-state index contributed by atoms with van der Waals surface area (Å²) in [5.74, 6) is 0.586. The van der Waals surface area contributed by atoms with Crippen LogP contribution >= 0.6 is 15.9 Å². The van der Waals surface area contributed by atoms with Crippen molar-refractivity contribution in [2.24, 2.45) is 5.92 Å². The SMILES string of the molecule is CNC1COCC1CN(C)Cc1ccccc1Br. The number of halogens is 1. The van der Waals surface area contributed by atoms with Gasteiger partial charge in [0.15, 0.2) is 0 Å². The minimum atomic E-state index is 0.492. The monoisotopic (exact) mass is 312 g/mol. The molecule has 1 aromatic carbocycles. The minimum Gasteiger partial charge on any atom is -0.379 e. The maximum atomic E-state index is 5.54. The highest BCUT2D eigenvalue weighted by atomic mass is 79.9. The molecule has 1 aliphatic heterocycles. The molecule has 1 heterocycles. The lowest BCUT2D eigenvalue weighted by Gasteiger charge is -2.24. The van der Waals surface area contributed by atoms with Crippen molar-refractivity contribution in [2.75, 3.05) is 33.9 Å². The van der Waals surface area contributed by atoms with Gasteiger partial charge in [-0.2, -0.15) is 0 Å². The average molecular weight is 313 g/mol. The van der Waals surface area contributed by atoms with Gasteiger partial charge >= 0.3 is 0 Å². The lowest BCUT2D eigenvalue weighted by Crippen LogP contribution is -2.38. The minimum absolute atomic E-state index is 0.492. The molecule has 1 fully saturated rings. The summed E-state index contributed by atoms with van der Waals surface area (Å²) >= 11 is 3.60. The first kappa shape index (κ1) is 14.0. The molecule has 1 aromatic rings. The standard InChI is InChI=1S/C14H21BrN2O/c1-16-14-10-18-9-12(14)8-17(2)7-11-5-3-4-6-13(11)15/h3-6,12,14,16H,7-10H2,1-2H3. The topological polar surface area (TPSA) is 24.5 Å². The molecule has 0 aromatic heterocycles. The lowest BCUT2D eigenvalue weighted by molar-refractivity contribution is 0.172. The Kier molecular flexibility index (Phi) is 5.18. The van der Waals surface area contributed by atoms with Crippen molar-refractivity contribution in [3.8, 4) is 0 Å². The molecule has 0 saturated carbocycles. The van der Waals surface area contributed by atoms with Gasteiger partial charge in [0, 0.05) is 29.5 Å². The van der Waals surface area contributed by atoms with Crippen LogP contribution in [0, 0.1) is 5.92 Å². The quantitative estimate of drug-likeness (QED) is 0.901. The number of hydrogen-bond acceptors (Lipinski definition) is 3. The second-order valence-corrected chi connectivity index (χ2v) is 5.84. The fraction of sp³-hybridized carbons (Fsp3) is 0.571. The molecule has 0 amide bonds. The fourth-order valence-electron chi connectivity index (χ4n) is 2.48. The van der Waals surface area contributed by atoms with Gasteiger partial charge < -0.3 is 15.0 Å². The lowest BCUT2D eigenvalue weighted by atomic mass is 10.0. The van der Waals surface area contributed by atoms with Gasteiger partial charge in [-0.05, 0) is 25.7 Å². The van der Waals surface area contributed by atoms with Crippen LogP contribution in [-0.2, 0) is 11.3 Å². The smallest absolute Gasteiger partial charge is 0.0623 e. The van der Waals surface area contributed by atoms with E-state index in [1.54, 1.807) is 0 Å². The van der Waals surface area contributed by atoms with E-state index in [0.717, 1.165) is 26.3 Å². The Morgan fingerprint density at radius 3 is 2.89 bits per heavy atom. The maximum absolute atomic E-state index is 5.54. The van der Waals surface area contributed by atoms with Crippen molar-refractivity contribution in [3.63, 3.8) is 0 Å². The third kappa shape index (κ3) is 3.54. The van der Waals surface area contributed by atoms with E-state index in [1.807, 2.05) is 7.05 Å². The third-order valence-corrected chi connectivity index (χ3v) is 4.29. The summed E-state index contributed by atoms with van der Waals surface area (Å²) in [6.07, 6.45) is 0. The van der Waals surface area contributed by atoms with E-state index in [9.17, 15) is 0 Å². The molecule has 1 N–H and O–H groups in total. The van der Waals surface area contributed by atoms with Gasteiger partial charge in [-0.25, -0.2) is 0 Å². The Hall–Kier alpha value is -0.420. The van der Waals surface area contributed by atoms with Crippen molar-refractivity contribution in [3.05, 3.63) is 34.3 Å². The van der Waals surface area contributed by atoms with Crippen LogP contribution in [-0.4, -0.2) is 44.8 Å². The van der Waals surface area contributed by atoms with Gasteiger partial charge in [0.25, 0.3) is 0 Å². The Labute approximate surface area is 118 Å². The molecule has 4 heteroatoms. The van der Waals surface area contributed by atoms with Crippen LogP contribution in [0.3, 0.4) is 0 Å². The first-order chi connectivity index (χ1) is 8.70. The van der Waals surface area contributed by atoms with Gasteiger partial charge in [0.1, 0.15) is 0 Å². The van der Waals surface area contributed by atoms with Crippen LogP contribution in [0.2, 0.25) is 0 Å². The molecule has 2 rings (SSSR count). The molecule has 0 aliphatic carbocycles. The fourth-order valence-corrected chi connectivity index (χ4v) is 2.89. The van der Waals surface area contributed by atoms with E-state index in [4.69, 9.17) is 4.74 Å². The molecular weight excluding hydrogens is 292 g/mol. The van der Waals surface area contributed by atoms with Crippen molar-refractivity contribution in [1.82, 2.24) is 10.2 Å². The van der Waals surface area contributed by atoms with Crippen molar-refractivity contribution in [2.45, 2.75) is 12.6 Å². The predicted molar refractivity (Wildman–Crippen MR) is 77.6 cm³/mol. The average Bonchev–Trinajstić information content (AvgIpc) is 2.79. The van der Waals surface area contributed by atoms with Crippen molar-refractivity contribution in [1.29, 1.82) is 0 Å². The molecule has 18 heavy (non-hydrogen) atoms. The van der Waals surface area contributed by atoms with Gasteiger partial charge in [-0.3, -0.25) is 0 Å². The first-order valence-corrected chi connectivity index (χ1v) is 7.17. The number of benzene rings is 1. The molecule has 1 aliphatic rings. The molecule has 0 spiro atoms. The number of nitrogens with one attached hydrogen (secondary N) is 1. The van der Waals surface area contributed by atoms with E-state index >= 15 is 0 Å². The number of hydrogen-bond donors (Lipinski definition) is 1. The highest BCUT2D eigenvalue weighted by Gasteiger charge is 2.27. The van der Waals surface area contributed by atoms with Crippen LogP contribution in [0.4, 0.5) is 0 Å². The maximum Gasteiger partial charge on any atom is 0.0623 e. The third-order valence-electron chi connectivity index (χ3n) is 3.51. The number of likely N-dealkylation sites (N-methyl/N-ethyl adjacent to an activating group) is 1. The Morgan fingerprint density at radius 1 is 1.39 bits per heavy atom. The Morgan fingerprint density at radius 2 is 2.17 bits per heavy atom. The van der Waals surface area contributed by atoms with Crippen LogP contribution in [0.15, 0.2) is 28.7 Å². The zero-order valence-corrected chi connectivity index (χ0v) is 12.6. The zero-order valence-electron chi connectivity index (χ0n) is 11.0. The second-order valence-electron chi connectivity index (χ2n) is 4.98. The highest BCUT2D eigenvalue weighted by Crippen LogP contribution is 2.19. The molecular formula is C14H21BrN2O. The summed E-state index contributed by atoms with van der Waals surface area (Å²) in [7, 11) is 4.19. The number of rotatable bonds is 5. The molecule has 100 valence electrons.